The summed E-state index contributed by atoms with van der Waals surface area (Å²) < 4.78 is 1.83. The van der Waals surface area contributed by atoms with Crippen molar-refractivity contribution < 1.29 is 4.79 Å². The Hall–Kier alpha value is -1.36. The molecule has 1 aromatic heterocycles. The number of rotatable bonds is 0. The Labute approximate surface area is 82.5 Å². The molecule has 2 heterocycles. The van der Waals surface area contributed by atoms with E-state index in [-0.39, 0.29) is 5.91 Å². The Bertz CT molecular complexity index is 371. The van der Waals surface area contributed by atoms with Crippen LogP contribution in [0.4, 0.5) is 5.82 Å². The van der Waals surface area contributed by atoms with Gasteiger partial charge in [0, 0.05) is 19.2 Å². The molecule has 0 fully saturated rings. The van der Waals surface area contributed by atoms with Crippen LogP contribution < -0.4 is 10.6 Å². The number of amides is 1. The van der Waals surface area contributed by atoms with Gasteiger partial charge in [-0.25, -0.2) is 4.68 Å². The second kappa shape index (κ2) is 3.09. The molecule has 76 valence electrons. The van der Waals surface area contributed by atoms with Crippen molar-refractivity contribution in [2.24, 2.45) is 5.73 Å². The SMILES string of the molecule is Cc1cnn2c1N(C)C(=O)C(N)CC2. The van der Waals surface area contributed by atoms with E-state index in [9.17, 15) is 4.79 Å². The summed E-state index contributed by atoms with van der Waals surface area (Å²) in [6, 6.07) is -0.402. The minimum absolute atomic E-state index is 0.0349. The molecule has 1 unspecified atom stereocenters. The molecule has 1 aromatic rings. The van der Waals surface area contributed by atoms with E-state index in [2.05, 4.69) is 5.10 Å². The van der Waals surface area contributed by atoms with Gasteiger partial charge in [-0.1, -0.05) is 0 Å². The molecule has 1 amide bonds. The number of aryl methyl sites for hydroxylation is 2. The number of hydrogen-bond donors (Lipinski definition) is 1. The highest BCUT2D eigenvalue weighted by atomic mass is 16.2. The molecule has 0 bridgehead atoms. The molecule has 5 heteroatoms. The minimum atomic E-state index is -0.402. The number of hydrogen-bond acceptors (Lipinski definition) is 3. The maximum Gasteiger partial charge on any atom is 0.244 e. The number of nitrogens with zero attached hydrogens (tertiary/aromatic N) is 3. The summed E-state index contributed by atoms with van der Waals surface area (Å²) in [5.41, 5.74) is 6.73. The molecule has 0 aromatic carbocycles. The van der Waals surface area contributed by atoms with Crippen molar-refractivity contribution in [3.8, 4) is 0 Å². The van der Waals surface area contributed by atoms with Crippen molar-refractivity contribution in [2.45, 2.75) is 25.9 Å². The van der Waals surface area contributed by atoms with Crippen molar-refractivity contribution in [1.82, 2.24) is 9.78 Å². The Morgan fingerprint density at radius 1 is 1.64 bits per heavy atom. The molecular weight excluding hydrogens is 180 g/mol. The third kappa shape index (κ3) is 1.21. The molecule has 1 aliphatic rings. The minimum Gasteiger partial charge on any atom is -0.320 e. The van der Waals surface area contributed by atoms with Crippen LogP contribution in [0, 0.1) is 6.92 Å². The van der Waals surface area contributed by atoms with Crippen LogP contribution in [0.1, 0.15) is 12.0 Å². The molecule has 0 saturated carbocycles. The summed E-state index contributed by atoms with van der Waals surface area (Å²) in [6.07, 6.45) is 2.42. The van der Waals surface area contributed by atoms with E-state index < -0.39 is 6.04 Å². The maximum atomic E-state index is 11.7. The number of aromatic nitrogens is 2. The fourth-order valence-corrected chi connectivity index (χ4v) is 1.81. The van der Waals surface area contributed by atoms with Gasteiger partial charge >= 0.3 is 0 Å². The lowest BCUT2D eigenvalue weighted by molar-refractivity contribution is -0.119. The first-order chi connectivity index (χ1) is 6.61. The molecular formula is C9H14N4O. The molecule has 0 saturated heterocycles. The van der Waals surface area contributed by atoms with E-state index in [1.54, 1.807) is 18.1 Å². The van der Waals surface area contributed by atoms with Crippen LogP contribution in [0.2, 0.25) is 0 Å². The van der Waals surface area contributed by atoms with E-state index in [0.29, 0.717) is 13.0 Å². The summed E-state index contributed by atoms with van der Waals surface area (Å²) in [5.74, 6) is 0.829. The zero-order chi connectivity index (χ0) is 10.3. The second-order valence-electron chi connectivity index (χ2n) is 3.67. The van der Waals surface area contributed by atoms with E-state index in [1.165, 1.54) is 0 Å². The first-order valence-electron chi connectivity index (χ1n) is 4.67. The van der Waals surface area contributed by atoms with Crippen LogP contribution in [-0.2, 0) is 11.3 Å². The highest BCUT2D eigenvalue weighted by Crippen LogP contribution is 2.22. The molecule has 0 radical (unpaired) electrons. The average molecular weight is 194 g/mol. The van der Waals surface area contributed by atoms with E-state index in [1.807, 2.05) is 11.6 Å². The predicted molar refractivity (Wildman–Crippen MR) is 53.0 cm³/mol. The number of fused-ring (bicyclic) bond motifs is 1. The van der Waals surface area contributed by atoms with Crippen molar-refractivity contribution in [3.05, 3.63) is 11.8 Å². The summed E-state index contributed by atoms with van der Waals surface area (Å²) in [4.78, 5) is 13.3. The molecule has 14 heavy (non-hydrogen) atoms. The average Bonchev–Trinajstić information content (AvgIpc) is 2.49. The number of carbonyl (C=O) groups excluding carboxylic acids is 1. The Balaban J connectivity index is 2.47. The predicted octanol–water partition coefficient (Wildman–Crippen LogP) is -0.115. The van der Waals surface area contributed by atoms with Crippen molar-refractivity contribution >= 4 is 11.7 Å². The van der Waals surface area contributed by atoms with Gasteiger partial charge in [0.2, 0.25) is 5.91 Å². The van der Waals surface area contributed by atoms with Crippen LogP contribution in [-0.4, -0.2) is 28.8 Å². The molecule has 0 spiro atoms. The van der Waals surface area contributed by atoms with E-state index in [0.717, 1.165) is 11.4 Å². The van der Waals surface area contributed by atoms with Gasteiger partial charge in [0.05, 0.1) is 12.2 Å². The quantitative estimate of drug-likeness (QED) is 0.626. The number of anilines is 1. The van der Waals surface area contributed by atoms with Gasteiger partial charge in [-0.15, -0.1) is 0 Å². The Morgan fingerprint density at radius 3 is 3.07 bits per heavy atom. The fourth-order valence-electron chi connectivity index (χ4n) is 1.81. The first kappa shape index (κ1) is 9.21. The normalized spacial score (nSPS) is 22.1. The van der Waals surface area contributed by atoms with Crippen LogP contribution in [0.15, 0.2) is 6.20 Å². The third-order valence-corrected chi connectivity index (χ3v) is 2.61. The van der Waals surface area contributed by atoms with E-state index in [4.69, 9.17) is 5.73 Å². The number of carbonyl (C=O) groups is 1. The lowest BCUT2D eigenvalue weighted by atomic mass is 10.2. The van der Waals surface area contributed by atoms with Crippen molar-refractivity contribution in [3.63, 3.8) is 0 Å². The molecule has 5 nitrogen and oxygen atoms in total. The maximum absolute atomic E-state index is 11.7. The Kier molecular flexibility index (Phi) is 2.03. The lowest BCUT2D eigenvalue weighted by Gasteiger charge is -2.17. The first-order valence-corrected chi connectivity index (χ1v) is 4.67. The van der Waals surface area contributed by atoms with Crippen molar-refractivity contribution in [1.29, 1.82) is 0 Å². The van der Waals surface area contributed by atoms with Gasteiger partial charge in [-0.2, -0.15) is 5.10 Å². The van der Waals surface area contributed by atoms with Gasteiger partial charge in [0.1, 0.15) is 5.82 Å². The third-order valence-electron chi connectivity index (χ3n) is 2.61. The molecule has 0 aliphatic carbocycles. The Morgan fingerprint density at radius 2 is 2.36 bits per heavy atom. The second-order valence-corrected chi connectivity index (χ2v) is 3.67. The highest BCUT2D eigenvalue weighted by Gasteiger charge is 2.26. The van der Waals surface area contributed by atoms with Gasteiger partial charge in [0.15, 0.2) is 0 Å². The van der Waals surface area contributed by atoms with Gasteiger partial charge in [-0.05, 0) is 13.3 Å². The van der Waals surface area contributed by atoms with E-state index >= 15 is 0 Å². The number of nitrogens with two attached hydrogens (primary N) is 1. The zero-order valence-corrected chi connectivity index (χ0v) is 8.40. The summed E-state index contributed by atoms with van der Waals surface area (Å²) in [7, 11) is 1.74. The standard InChI is InChI=1S/C9H14N4O/c1-6-5-11-13-4-3-7(10)9(14)12(2)8(6)13/h5,7H,3-4,10H2,1-2H3. The van der Waals surface area contributed by atoms with Crippen LogP contribution in [0.25, 0.3) is 0 Å². The van der Waals surface area contributed by atoms with Crippen molar-refractivity contribution in [2.75, 3.05) is 11.9 Å². The smallest absolute Gasteiger partial charge is 0.244 e. The van der Waals surface area contributed by atoms with Gasteiger partial charge < -0.3 is 5.73 Å². The largest absolute Gasteiger partial charge is 0.320 e. The molecule has 2 rings (SSSR count). The molecule has 1 aliphatic heterocycles. The topological polar surface area (TPSA) is 64.2 Å². The molecule has 1 atom stereocenters. The highest BCUT2D eigenvalue weighted by molar-refractivity contribution is 5.96. The van der Waals surface area contributed by atoms with Gasteiger partial charge in [-0.3, -0.25) is 9.69 Å². The molecule has 2 N–H and O–H groups in total. The summed E-state index contributed by atoms with van der Waals surface area (Å²) in [6.45, 7) is 2.65. The van der Waals surface area contributed by atoms with Crippen LogP contribution in [0.5, 0.6) is 0 Å². The summed E-state index contributed by atoms with van der Waals surface area (Å²) >= 11 is 0. The number of likely N-dealkylation sites (N-methyl/N-ethyl adjacent to an activating group) is 1. The monoisotopic (exact) mass is 194 g/mol. The summed E-state index contributed by atoms with van der Waals surface area (Å²) in [5, 5.41) is 4.20. The fraction of sp³-hybridized carbons (Fsp3) is 0.556. The van der Waals surface area contributed by atoms with Gasteiger partial charge in [0.25, 0.3) is 0 Å². The lowest BCUT2D eigenvalue weighted by Crippen LogP contribution is -2.40. The van der Waals surface area contributed by atoms with Crippen LogP contribution >= 0.6 is 0 Å². The van der Waals surface area contributed by atoms with Crippen LogP contribution in [0.3, 0.4) is 0 Å². The zero-order valence-electron chi connectivity index (χ0n) is 8.40.